The first kappa shape index (κ1) is 19.4. The minimum Gasteiger partial charge on any atom is -0.347 e. The molecule has 0 aromatic carbocycles. The molecular weight excluding hydrogens is 366 g/mol. The highest BCUT2D eigenvalue weighted by molar-refractivity contribution is 5.97. The standard InChI is InChI=1S/C22H27N5O2/c1-22(2,3)25-20(28)15-13-16-19(24-17-11-7-8-12-26(17)21(16)29)27(18(15)23)14-9-5-4-6-10-14/h7-8,11-14,23H,4-6,9-10H2,1-3H3,(H,25,28). The van der Waals surface area contributed by atoms with Crippen molar-refractivity contribution in [1.82, 2.24) is 19.3 Å². The number of carbonyl (C=O) groups is 1. The van der Waals surface area contributed by atoms with Gasteiger partial charge in [0.2, 0.25) is 0 Å². The molecule has 0 radical (unpaired) electrons. The molecule has 0 saturated heterocycles. The van der Waals surface area contributed by atoms with Crippen LogP contribution in [0.25, 0.3) is 16.7 Å². The lowest BCUT2D eigenvalue weighted by atomic mass is 9.94. The average molecular weight is 393 g/mol. The zero-order valence-electron chi connectivity index (χ0n) is 17.2. The largest absolute Gasteiger partial charge is 0.347 e. The second-order valence-electron chi connectivity index (χ2n) is 8.86. The molecule has 3 aromatic rings. The molecule has 3 aromatic heterocycles. The van der Waals surface area contributed by atoms with Crippen molar-refractivity contribution in [2.45, 2.75) is 64.5 Å². The van der Waals surface area contributed by atoms with Gasteiger partial charge in [-0.3, -0.25) is 19.4 Å². The van der Waals surface area contributed by atoms with Crippen LogP contribution in [-0.2, 0) is 0 Å². The summed E-state index contributed by atoms with van der Waals surface area (Å²) in [6, 6.07) is 7.01. The van der Waals surface area contributed by atoms with Crippen LogP contribution in [0.3, 0.4) is 0 Å². The van der Waals surface area contributed by atoms with Gasteiger partial charge in [-0.05, 0) is 51.8 Å². The number of fused-ring (bicyclic) bond motifs is 2. The molecule has 29 heavy (non-hydrogen) atoms. The summed E-state index contributed by atoms with van der Waals surface area (Å²) in [5.41, 5.74) is 0.711. The van der Waals surface area contributed by atoms with E-state index in [0.29, 0.717) is 16.7 Å². The second kappa shape index (κ2) is 7.13. The Labute approximate surface area is 168 Å². The molecule has 4 rings (SSSR count). The van der Waals surface area contributed by atoms with Gasteiger partial charge in [-0.2, -0.15) is 0 Å². The van der Waals surface area contributed by atoms with Crippen LogP contribution in [0.2, 0.25) is 0 Å². The highest BCUT2D eigenvalue weighted by atomic mass is 16.2. The van der Waals surface area contributed by atoms with Crippen LogP contribution in [0.1, 0.15) is 69.3 Å². The van der Waals surface area contributed by atoms with E-state index in [-0.39, 0.29) is 28.6 Å². The summed E-state index contributed by atoms with van der Waals surface area (Å²) < 4.78 is 3.31. The quantitative estimate of drug-likeness (QED) is 0.655. The number of nitrogens with one attached hydrogen (secondary N) is 2. The van der Waals surface area contributed by atoms with Crippen molar-refractivity contribution >= 4 is 22.6 Å². The Morgan fingerprint density at radius 1 is 1.21 bits per heavy atom. The molecule has 152 valence electrons. The fourth-order valence-electron chi connectivity index (χ4n) is 4.13. The Kier molecular flexibility index (Phi) is 4.76. The van der Waals surface area contributed by atoms with Gasteiger partial charge in [-0.25, -0.2) is 4.98 Å². The van der Waals surface area contributed by atoms with Gasteiger partial charge in [0, 0.05) is 17.8 Å². The number of rotatable bonds is 2. The fourth-order valence-corrected chi connectivity index (χ4v) is 4.13. The van der Waals surface area contributed by atoms with Crippen LogP contribution in [0.4, 0.5) is 0 Å². The van der Waals surface area contributed by atoms with Gasteiger partial charge in [-0.15, -0.1) is 0 Å². The Morgan fingerprint density at radius 2 is 1.93 bits per heavy atom. The van der Waals surface area contributed by atoms with Gasteiger partial charge in [0.1, 0.15) is 16.8 Å². The van der Waals surface area contributed by atoms with Crippen LogP contribution in [0.15, 0.2) is 35.3 Å². The Balaban J connectivity index is 2.05. The molecule has 3 heterocycles. The van der Waals surface area contributed by atoms with Gasteiger partial charge >= 0.3 is 0 Å². The first-order valence-corrected chi connectivity index (χ1v) is 10.2. The minimum absolute atomic E-state index is 0.0687. The van der Waals surface area contributed by atoms with E-state index in [1.165, 1.54) is 16.9 Å². The summed E-state index contributed by atoms with van der Waals surface area (Å²) in [4.78, 5) is 30.9. The van der Waals surface area contributed by atoms with Gasteiger partial charge in [0.05, 0.1) is 10.9 Å². The zero-order valence-corrected chi connectivity index (χ0v) is 17.2. The average Bonchev–Trinajstić information content (AvgIpc) is 2.67. The van der Waals surface area contributed by atoms with E-state index in [2.05, 4.69) is 5.32 Å². The lowest BCUT2D eigenvalue weighted by Gasteiger charge is -2.27. The first-order chi connectivity index (χ1) is 13.8. The van der Waals surface area contributed by atoms with Crippen molar-refractivity contribution in [3.63, 3.8) is 0 Å². The van der Waals surface area contributed by atoms with Crippen LogP contribution in [0.5, 0.6) is 0 Å². The normalized spacial score (nSPS) is 15.7. The van der Waals surface area contributed by atoms with Gasteiger partial charge in [0.25, 0.3) is 11.5 Å². The maximum absolute atomic E-state index is 13.2. The molecule has 0 spiro atoms. The second-order valence-corrected chi connectivity index (χ2v) is 8.86. The fraction of sp³-hybridized carbons (Fsp3) is 0.455. The zero-order chi connectivity index (χ0) is 20.8. The summed E-state index contributed by atoms with van der Waals surface area (Å²) in [5.74, 6) is -0.341. The molecule has 0 atom stereocenters. The molecule has 0 unspecified atom stereocenters. The molecule has 0 bridgehead atoms. The maximum Gasteiger partial charge on any atom is 0.267 e. The van der Waals surface area contributed by atoms with Crippen LogP contribution in [0, 0.1) is 5.41 Å². The molecule has 1 saturated carbocycles. The third-order valence-corrected chi connectivity index (χ3v) is 5.43. The molecular formula is C22H27N5O2. The summed E-state index contributed by atoms with van der Waals surface area (Å²) in [6.45, 7) is 5.69. The van der Waals surface area contributed by atoms with Crippen molar-refractivity contribution in [3.8, 4) is 0 Å². The molecule has 1 fully saturated rings. The van der Waals surface area contributed by atoms with E-state index in [4.69, 9.17) is 10.4 Å². The number of hydrogen-bond donors (Lipinski definition) is 2. The summed E-state index contributed by atoms with van der Waals surface area (Å²) in [5, 5.41) is 12.1. The van der Waals surface area contributed by atoms with E-state index in [1.807, 2.05) is 31.4 Å². The Morgan fingerprint density at radius 3 is 2.62 bits per heavy atom. The maximum atomic E-state index is 13.2. The third-order valence-electron chi connectivity index (χ3n) is 5.43. The molecule has 0 aliphatic heterocycles. The third kappa shape index (κ3) is 3.57. The topological polar surface area (TPSA) is 92.2 Å². The van der Waals surface area contributed by atoms with Gasteiger partial charge < -0.3 is 9.88 Å². The molecule has 1 aliphatic carbocycles. The summed E-state index contributed by atoms with van der Waals surface area (Å²) >= 11 is 0. The van der Waals surface area contributed by atoms with Crippen LogP contribution < -0.4 is 16.4 Å². The highest BCUT2D eigenvalue weighted by Gasteiger charge is 2.25. The van der Waals surface area contributed by atoms with Crippen molar-refractivity contribution in [2.75, 3.05) is 0 Å². The number of amides is 1. The van der Waals surface area contributed by atoms with E-state index in [0.717, 1.165) is 25.7 Å². The molecule has 1 amide bonds. The Bertz CT molecular complexity index is 1210. The number of hydrogen-bond acceptors (Lipinski definition) is 4. The lowest BCUT2D eigenvalue weighted by molar-refractivity contribution is 0.0916. The molecule has 7 nitrogen and oxygen atoms in total. The highest BCUT2D eigenvalue weighted by Crippen LogP contribution is 2.29. The summed E-state index contributed by atoms with van der Waals surface area (Å²) in [7, 11) is 0. The number of aromatic nitrogens is 3. The van der Waals surface area contributed by atoms with Crippen molar-refractivity contribution in [3.05, 3.63) is 51.9 Å². The van der Waals surface area contributed by atoms with E-state index < -0.39 is 5.54 Å². The van der Waals surface area contributed by atoms with Crippen molar-refractivity contribution in [1.29, 1.82) is 5.41 Å². The predicted octanol–water partition coefficient (Wildman–Crippen LogP) is 3.16. The SMILES string of the molecule is CC(C)(C)NC(=O)c1cc2c(=O)n3ccccc3nc2n(C2CCCCC2)c1=N. The molecule has 1 aliphatic rings. The first-order valence-electron chi connectivity index (χ1n) is 10.2. The lowest BCUT2D eigenvalue weighted by Crippen LogP contribution is -2.44. The van der Waals surface area contributed by atoms with E-state index >= 15 is 0 Å². The number of pyridine rings is 2. The molecule has 2 N–H and O–H groups in total. The minimum atomic E-state index is -0.440. The smallest absolute Gasteiger partial charge is 0.267 e. The van der Waals surface area contributed by atoms with E-state index in [1.54, 1.807) is 18.3 Å². The van der Waals surface area contributed by atoms with Crippen LogP contribution in [-0.4, -0.2) is 25.4 Å². The molecule has 7 heteroatoms. The van der Waals surface area contributed by atoms with Gasteiger partial charge in [0.15, 0.2) is 0 Å². The monoisotopic (exact) mass is 393 g/mol. The Hall–Kier alpha value is -2.96. The number of carbonyl (C=O) groups excluding carboxylic acids is 1. The van der Waals surface area contributed by atoms with Gasteiger partial charge in [-0.1, -0.05) is 25.3 Å². The van der Waals surface area contributed by atoms with Crippen molar-refractivity contribution < 1.29 is 4.79 Å². The van der Waals surface area contributed by atoms with Crippen LogP contribution >= 0.6 is 0 Å². The predicted molar refractivity (Wildman–Crippen MR) is 112 cm³/mol. The summed E-state index contributed by atoms with van der Waals surface area (Å²) in [6.07, 6.45) is 6.84. The van der Waals surface area contributed by atoms with Crippen molar-refractivity contribution in [2.24, 2.45) is 0 Å². The van der Waals surface area contributed by atoms with E-state index in [9.17, 15) is 9.59 Å². The number of nitrogens with zero attached hydrogens (tertiary/aromatic N) is 3.